The standard InChI is InChI=1S/C12H21N3O2S/c1-12(13,11(16)17-3)6-4-5-7-18-10-8-14-15(2)9-10/h8-9H,4-7,13H2,1-3H3. The molecular weight excluding hydrogens is 250 g/mol. The van der Waals surface area contributed by atoms with E-state index in [4.69, 9.17) is 5.73 Å². The van der Waals surface area contributed by atoms with Gasteiger partial charge in [-0.2, -0.15) is 5.10 Å². The van der Waals surface area contributed by atoms with Gasteiger partial charge in [-0.05, 0) is 25.5 Å². The Kier molecular flexibility index (Phi) is 5.68. The number of carbonyl (C=O) groups excluding carboxylic acids is 1. The average Bonchev–Trinajstić information content (AvgIpc) is 2.73. The van der Waals surface area contributed by atoms with Crippen LogP contribution in [-0.4, -0.2) is 34.2 Å². The van der Waals surface area contributed by atoms with Crippen molar-refractivity contribution in [2.45, 2.75) is 36.6 Å². The van der Waals surface area contributed by atoms with Gasteiger partial charge in [-0.15, -0.1) is 11.8 Å². The number of hydrogen-bond acceptors (Lipinski definition) is 5. The van der Waals surface area contributed by atoms with Crippen LogP contribution in [0.3, 0.4) is 0 Å². The van der Waals surface area contributed by atoms with Gasteiger partial charge in [0, 0.05) is 18.1 Å². The Morgan fingerprint density at radius 1 is 1.61 bits per heavy atom. The lowest BCUT2D eigenvalue weighted by Gasteiger charge is -2.20. The number of aromatic nitrogens is 2. The van der Waals surface area contributed by atoms with Crippen LogP contribution in [0.2, 0.25) is 0 Å². The van der Waals surface area contributed by atoms with Crippen LogP contribution in [-0.2, 0) is 16.6 Å². The molecular formula is C12H21N3O2S. The van der Waals surface area contributed by atoms with Gasteiger partial charge in [0.2, 0.25) is 0 Å². The molecule has 1 unspecified atom stereocenters. The van der Waals surface area contributed by atoms with Gasteiger partial charge in [-0.3, -0.25) is 9.48 Å². The maximum Gasteiger partial charge on any atom is 0.325 e. The van der Waals surface area contributed by atoms with Crippen molar-refractivity contribution < 1.29 is 9.53 Å². The largest absolute Gasteiger partial charge is 0.468 e. The zero-order valence-corrected chi connectivity index (χ0v) is 12.0. The number of unbranched alkanes of at least 4 members (excludes halogenated alkanes) is 1. The van der Waals surface area contributed by atoms with Gasteiger partial charge in [-0.1, -0.05) is 6.42 Å². The summed E-state index contributed by atoms with van der Waals surface area (Å²) in [5.74, 6) is 0.658. The summed E-state index contributed by atoms with van der Waals surface area (Å²) in [6.45, 7) is 1.72. The summed E-state index contributed by atoms with van der Waals surface area (Å²) in [6.07, 6.45) is 6.42. The van der Waals surface area contributed by atoms with E-state index in [9.17, 15) is 4.79 Å². The minimum absolute atomic E-state index is 0.345. The van der Waals surface area contributed by atoms with E-state index in [2.05, 4.69) is 9.84 Å². The van der Waals surface area contributed by atoms with Crippen molar-refractivity contribution in [3.8, 4) is 0 Å². The first-order valence-corrected chi connectivity index (χ1v) is 6.93. The fourth-order valence-corrected chi connectivity index (χ4v) is 2.53. The normalized spacial score (nSPS) is 14.2. The zero-order valence-electron chi connectivity index (χ0n) is 11.2. The highest BCUT2D eigenvalue weighted by Gasteiger charge is 2.28. The van der Waals surface area contributed by atoms with Crippen molar-refractivity contribution in [1.29, 1.82) is 0 Å². The van der Waals surface area contributed by atoms with Gasteiger partial charge in [0.25, 0.3) is 0 Å². The molecule has 0 amide bonds. The molecule has 1 aromatic rings. The molecule has 0 fully saturated rings. The maximum atomic E-state index is 11.4. The SMILES string of the molecule is COC(=O)C(C)(N)CCCCSc1cnn(C)c1. The van der Waals surface area contributed by atoms with Gasteiger partial charge in [-0.25, -0.2) is 0 Å². The Labute approximate surface area is 112 Å². The summed E-state index contributed by atoms with van der Waals surface area (Å²) in [5, 5.41) is 4.10. The lowest BCUT2D eigenvalue weighted by molar-refractivity contribution is -0.146. The number of hydrogen-bond donors (Lipinski definition) is 1. The molecule has 18 heavy (non-hydrogen) atoms. The Hall–Kier alpha value is -1.01. The van der Waals surface area contributed by atoms with Gasteiger partial charge >= 0.3 is 5.97 Å². The van der Waals surface area contributed by atoms with Crippen LogP contribution in [0.25, 0.3) is 0 Å². The van der Waals surface area contributed by atoms with Crippen LogP contribution < -0.4 is 5.73 Å². The molecule has 102 valence electrons. The van der Waals surface area contributed by atoms with Crippen molar-refractivity contribution in [3.05, 3.63) is 12.4 Å². The van der Waals surface area contributed by atoms with E-state index in [-0.39, 0.29) is 5.97 Å². The molecule has 0 aromatic carbocycles. The third kappa shape index (κ3) is 4.70. The summed E-state index contributed by atoms with van der Waals surface area (Å²) in [5.41, 5.74) is 5.01. The molecule has 0 aliphatic rings. The number of aryl methyl sites for hydroxylation is 1. The molecule has 0 aliphatic heterocycles. The molecule has 6 heteroatoms. The van der Waals surface area contributed by atoms with Gasteiger partial charge in [0.15, 0.2) is 0 Å². The first-order chi connectivity index (χ1) is 8.45. The summed E-state index contributed by atoms with van der Waals surface area (Å²) >= 11 is 1.77. The molecule has 0 saturated heterocycles. The number of esters is 1. The lowest BCUT2D eigenvalue weighted by Crippen LogP contribution is -2.45. The fraction of sp³-hybridized carbons (Fsp3) is 0.667. The lowest BCUT2D eigenvalue weighted by atomic mass is 9.97. The quantitative estimate of drug-likeness (QED) is 0.463. The van der Waals surface area contributed by atoms with Crippen molar-refractivity contribution in [3.63, 3.8) is 0 Å². The molecule has 1 heterocycles. The van der Waals surface area contributed by atoms with Crippen LogP contribution in [0.5, 0.6) is 0 Å². The molecule has 0 spiro atoms. The molecule has 0 radical (unpaired) electrons. The third-order valence-electron chi connectivity index (χ3n) is 2.69. The van der Waals surface area contributed by atoms with Crippen LogP contribution >= 0.6 is 11.8 Å². The van der Waals surface area contributed by atoms with Crippen LogP contribution in [0, 0.1) is 0 Å². The molecule has 0 saturated carbocycles. The van der Waals surface area contributed by atoms with Crippen LogP contribution in [0.4, 0.5) is 0 Å². The highest BCUT2D eigenvalue weighted by atomic mass is 32.2. The number of thioether (sulfide) groups is 1. The highest BCUT2D eigenvalue weighted by Crippen LogP contribution is 2.20. The van der Waals surface area contributed by atoms with E-state index in [0.717, 1.165) is 18.6 Å². The Balaban J connectivity index is 2.17. The van der Waals surface area contributed by atoms with Crippen LogP contribution in [0.1, 0.15) is 26.2 Å². The van der Waals surface area contributed by atoms with Gasteiger partial charge in [0.05, 0.1) is 13.3 Å². The molecule has 1 atom stereocenters. The van der Waals surface area contributed by atoms with Crippen molar-refractivity contribution >= 4 is 17.7 Å². The second-order valence-electron chi connectivity index (χ2n) is 4.56. The predicted octanol–water partition coefficient (Wildman–Crippen LogP) is 1.57. The van der Waals surface area contributed by atoms with E-state index in [1.165, 1.54) is 12.0 Å². The number of rotatable bonds is 7. The number of nitrogens with two attached hydrogens (primary N) is 1. The van der Waals surface area contributed by atoms with Crippen LogP contribution in [0.15, 0.2) is 17.3 Å². The number of carbonyl (C=O) groups is 1. The molecule has 0 aliphatic carbocycles. The minimum atomic E-state index is -0.867. The predicted molar refractivity (Wildman–Crippen MR) is 72.4 cm³/mol. The average molecular weight is 271 g/mol. The van der Waals surface area contributed by atoms with E-state index >= 15 is 0 Å². The van der Waals surface area contributed by atoms with Gasteiger partial charge in [0.1, 0.15) is 5.54 Å². The number of nitrogens with zero attached hydrogens (tertiary/aromatic N) is 2. The van der Waals surface area contributed by atoms with Gasteiger partial charge < -0.3 is 10.5 Å². The van der Waals surface area contributed by atoms with E-state index in [1.807, 2.05) is 19.4 Å². The monoisotopic (exact) mass is 271 g/mol. The minimum Gasteiger partial charge on any atom is -0.468 e. The molecule has 0 bridgehead atoms. The Morgan fingerprint density at radius 3 is 2.89 bits per heavy atom. The summed E-state index contributed by atoms with van der Waals surface area (Å²) in [4.78, 5) is 12.5. The van der Waals surface area contributed by atoms with Crippen molar-refractivity contribution in [2.24, 2.45) is 12.8 Å². The molecule has 1 aromatic heterocycles. The summed E-state index contributed by atoms with van der Waals surface area (Å²) in [6, 6.07) is 0. The fourth-order valence-electron chi connectivity index (χ4n) is 1.59. The molecule has 1 rings (SSSR count). The Bertz CT molecular complexity index is 390. The zero-order chi connectivity index (χ0) is 13.6. The Morgan fingerprint density at radius 2 is 2.33 bits per heavy atom. The number of methoxy groups -OCH3 is 1. The molecule has 2 N–H and O–H groups in total. The molecule has 5 nitrogen and oxygen atoms in total. The second-order valence-corrected chi connectivity index (χ2v) is 5.73. The maximum absolute atomic E-state index is 11.4. The first kappa shape index (κ1) is 15.0. The summed E-state index contributed by atoms with van der Waals surface area (Å²) in [7, 11) is 3.27. The van der Waals surface area contributed by atoms with E-state index < -0.39 is 5.54 Å². The van der Waals surface area contributed by atoms with Crippen molar-refractivity contribution in [2.75, 3.05) is 12.9 Å². The highest BCUT2D eigenvalue weighted by molar-refractivity contribution is 7.99. The smallest absolute Gasteiger partial charge is 0.325 e. The second kappa shape index (κ2) is 6.80. The van der Waals surface area contributed by atoms with E-state index in [0.29, 0.717) is 6.42 Å². The first-order valence-electron chi connectivity index (χ1n) is 5.94. The van der Waals surface area contributed by atoms with E-state index in [1.54, 1.807) is 23.4 Å². The van der Waals surface area contributed by atoms with Crippen molar-refractivity contribution in [1.82, 2.24) is 9.78 Å². The third-order valence-corrected chi connectivity index (χ3v) is 3.73. The number of ether oxygens (including phenoxy) is 1. The summed E-state index contributed by atoms with van der Waals surface area (Å²) < 4.78 is 6.45. The topological polar surface area (TPSA) is 70.1 Å².